The van der Waals surface area contributed by atoms with Crippen LogP contribution in [0.4, 0.5) is 0 Å². The Balaban J connectivity index is 0.000000281. The van der Waals surface area contributed by atoms with E-state index in [0.29, 0.717) is 28.3 Å². The van der Waals surface area contributed by atoms with Crippen LogP contribution in [0.15, 0.2) is 114 Å². The molecule has 1 N–H and O–H groups in total. The molecule has 0 aliphatic rings. The number of hydrogen-bond acceptors (Lipinski definition) is 10. The summed E-state index contributed by atoms with van der Waals surface area (Å²) in [4.78, 5) is 22.5. The van der Waals surface area contributed by atoms with Gasteiger partial charge in [-0.1, -0.05) is 102 Å². The minimum Gasteiger partial charge on any atom is -0.378 e. The minimum atomic E-state index is -1.45. The van der Waals surface area contributed by atoms with Crippen LogP contribution in [0.3, 0.4) is 0 Å². The molecular formula is C38H39Cl5N2O7S2. The molecule has 5 rings (SSSR count). The van der Waals surface area contributed by atoms with Crippen LogP contribution in [0.25, 0.3) is 0 Å². The molecule has 0 saturated carbocycles. The highest BCUT2D eigenvalue weighted by molar-refractivity contribution is 7.98. The van der Waals surface area contributed by atoms with E-state index in [1.54, 1.807) is 36.2 Å². The number of rotatable bonds is 12. The van der Waals surface area contributed by atoms with Crippen molar-refractivity contribution in [3.05, 3.63) is 152 Å². The number of alkyl halides is 2. The van der Waals surface area contributed by atoms with Crippen molar-refractivity contribution in [2.45, 2.75) is 44.3 Å². The first kappa shape index (κ1) is 47.2. The van der Waals surface area contributed by atoms with Crippen LogP contribution in [-0.2, 0) is 38.7 Å². The van der Waals surface area contributed by atoms with Crippen molar-refractivity contribution in [3.63, 3.8) is 0 Å². The summed E-state index contributed by atoms with van der Waals surface area (Å²) >= 11 is 27.4. The van der Waals surface area contributed by atoms with E-state index in [4.69, 9.17) is 76.9 Å². The number of pyridine rings is 2. The fraction of sp³-hybridized carbons (Fsp3) is 0.237. The Morgan fingerprint density at radius 2 is 1.28 bits per heavy atom. The Labute approximate surface area is 347 Å². The predicted molar refractivity (Wildman–Crippen MR) is 220 cm³/mol. The average molecular weight is 877 g/mol. The van der Waals surface area contributed by atoms with Crippen molar-refractivity contribution in [3.8, 4) is 5.88 Å². The molecule has 0 fully saturated rings. The molecule has 0 spiro atoms. The third kappa shape index (κ3) is 18.1. The second-order valence-electron chi connectivity index (χ2n) is 10.7. The molecule has 16 heteroatoms. The molecule has 290 valence electrons. The van der Waals surface area contributed by atoms with E-state index in [0.717, 1.165) is 27.3 Å². The molecule has 3 atom stereocenters. The molecule has 3 unspecified atom stereocenters. The van der Waals surface area contributed by atoms with Gasteiger partial charge in [0, 0.05) is 34.8 Å². The SMILES string of the molecule is CC(OCc1ccccc1)c1cnc(OS(C)=O)c(Cl)c1.CSc1ncc(C(C)OCc2ccccc2)cc1Cl.ClCCl.O=C(OO)c1cccc(Cl)c1. The third-order valence-electron chi connectivity index (χ3n) is 6.81. The molecule has 0 amide bonds. The lowest BCUT2D eigenvalue weighted by molar-refractivity contribution is -0.182. The fourth-order valence-electron chi connectivity index (χ4n) is 4.10. The summed E-state index contributed by atoms with van der Waals surface area (Å²) < 4.78 is 27.6. The van der Waals surface area contributed by atoms with Crippen LogP contribution < -0.4 is 4.18 Å². The molecular weight excluding hydrogens is 838 g/mol. The molecule has 54 heavy (non-hydrogen) atoms. The number of nitrogens with zero attached hydrogens (tertiary/aromatic N) is 2. The van der Waals surface area contributed by atoms with E-state index >= 15 is 0 Å². The molecule has 0 bridgehead atoms. The number of halogens is 5. The van der Waals surface area contributed by atoms with Crippen LogP contribution in [0.5, 0.6) is 5.88 Å². The summed E-state index contributed by atoms with van der Waals surface area (Å²) in [6, 6.07) is 29.8. The van der Waals surface area contributed by atoms with Crippen molar-refractivity contribution in [1.82, 2.24) is 9.97 Å². The van der Waals surface area contributed by atoms with E-state index in [1.165, 1.54) is 18.4 Å². The van der Waals surface area contributed by atoms with Gasteiger partial charge in [0.25, 0.3) is 0 Å². The normalized spacial score (nSPS) is 11.9. The van der Waals surface area contributed by atoms with Crippen LogP contribution in [0, 0.1) is 0 Å². The van der Waals surface area contributed by atoms with Gasteiger partial charge in [0.15, 0.2) is 0 Å². The van der Waals surface area contributed by atoms with Crippen LogP contribution >= 0.6 is 69.8 Å². The molecule has 0 radical (unpaired) electrons. The number of ether oxygens (including phenoxy) is 2. The minimum absolute atomic E-state index is 0.0267. The fourth-order valence-corrected chi connectivity index (χ4v) is 5.72. The zero-order valence-electron chi connectivity index (χ0n) is 29.7. The summed E-state index contributed by atoms with van der Waals surface area (Å²) in [6.07, 6.45) is 6.63. The Kier molecular flexibility index (Phi) is 23.4. The monoisotopic (exact) mass is 874 g/mol. The van der Waals surface area contributed by atoms with Gasteiger partial charge in [-0.3, -0.25) is 4.89 Å². The van der Waals surface area contributed by atoms with E-state index in [9.17, 15) is 9.00 Å². The lowest BCUT2D eigenvalue weighted by atomic mass is 10.2. The largest absolute Gasteiger partial charge is 0.378 e. The van der Waals surface area contributed by atoms with Gasteiger partial charge in [0.2, 0.25) is 17.0 Å². The maximum absolute atomic E-state index is 11.0. The van der Waals surface area contributed by atoms with Gasteiger partial charge >= 0.3 is 5.97 Å². The number of carbonyl (C=O) groups excluding carboxylic acids is 1. The first-order chi connectivity index (χ1) is 25.9. The first-order valence-corrected chi connectivity index (χ1v) is 20.7. The number of aromatic nitrogens is 2. The Morgan fingerprint density at radius 3 is 1.70 bits per heavy atom. The van der Waals surface area contributed by atoms with Crippen LogP contribution in [-0.4, -0.2) is 43.3 Å². The third-order valence-corrected chi connectivity index (χ3v) is 8.83. The molecule has 9 nitrogen and oxygen atoms in total. The average Bonchev–Trinajstić information content (AvgIpc) is 3.18. The summed E-state index contributed by atoms with van der Waals surface area (Å²) in [5.41, 5.74) is 4.32. The van der Waals surface area contributed by atoms with Gasteiger partial charge in [-0.25, -0.2) is 19.0 Å². The summed E-state index contributed by atoms with van der Waals surface area (Å²) in [7, 11) is 0. The van der Waals surface area contributed by atoms with E-state index in [-0.39, 0.29) is 29.0 Å². The maximum Gasteiger partial charge on any atom is 0.372 e. The zero-order valence-corrected chi connectivity index (χ0v) is 35.1. The Bertz CT molecular complexity index is 1870. The van der Waals surface area contributed by atoms with Gasteiger partial charge in [0.1, 0.15) is 10.0 Å². The van der Waals surface area contributed by atoms with Crippen molar-refractivity contribution in [2.75, 3.05) is 17.9 Å². The standard InChI is InChI=1S/C15H16ClNO3S.C15H16ClNOS.C7H5ClO3.CH2Cl2/c1-11(19-10-12-6-4-3-5-7-12)13-8-14(16)15(17-9-13)20-21(2)18;1-11(18-10-12-6-4-3-5-7-12)13-8-14(16)15(19-2)17-9-13;8-6-3-1-2-5(4-6)7(9)11-10;2-1-3/h3-9,11H,10H2,1-2H3;3-9,11H,10H2,1-2H3;1-4,10H;1H2. The molecule has 5 aromatic rings. The summed E-state index contributed by atoms with van der Waals surface area (Å²) in [6.45, 7) is 5.03. The second-order valence-corrected chi connectivity index (χ2v) is 14.5. The second kappa shape index (κ2) is 26.8. The highest BCUT2D eigenvalue weighted by atomic mass is 35.5. The lowest BCUT2D eigenvalue weighted by Crippen LogP contribution is -2.03. The highest BCUT2D eigenvalue weighted by Crippen LogP contribution is 2.28. The number of hydrogen-bond donors (Lipinski definition) is 1. The van der Waals surface area contributed by atoms with Crippen LogP contribution in [0.2, 0.25) is 15.1 Å². The number of carbonyl (C=O) groups is 1. The molecule has 0 aliphatic carbocycles. The number of thioether (sulfide) groups is 1. The van der Waals surface area contributed by atoms with Crippen molar-refractivity contribution < 1.29 is 32.8 Å². The molecule has 0 saturated heterocycles. The van der Waals surface area contributed by atoms with Gasteiger partial charge in [-0.2, -0.15) is 5.26 Å². The number of benzene rings is 3. The van der Waals surface area contributed by atoms with Gasteiger partial charge in [-0.05, 0) is 61.6 Å². The predicted octanol–water partition coefficient (Wildman–Crippen LogP) is 11.8. The Hall–Kier alpha value is -2.94. The van der Waals surface area contributed by atoms with Gasteiger partial charge in [-0.15, -0.1) is 35.0 Å². The first-order valence-electron chi connectivity index (χ1n) is 15.8. The van der Waals surface area contributed by atoms with Crippen molar-refractivity contribution in [2.24, 2.45) is 0 Å². The van der Waals surface area contributed by atoms with Crippen molar-refractivity contribution in [1.29, 1.82) is 0 Å². The molecule has 2 heterocycles. The van der Waals surface area contributed by atoms with Gasteiger partial charge < -0.3 is 13.7 Å². The molecule has 2 aromatic heterocycles. The quantitative estimate of drug-likeness (QED) is 0.0562. The lowest BCUT2D eigenvalue weighted by Gasteiger charge is -2.14. The summed E-state index contributed by atoms with van der Waals surface area (Å²) in [5.74, 6) is -0.649. The van der Waals surface area contributed by atoms with E-state index < -0.39 is 17.0 Å². The highest BCUT2D eigenvalue weighted by Gasteiger charge is 2.13. The Morgan fingerprint density at radius 1 is 0.778 bits per heavy atom. The van der Waals surface area contributed by atoms with Gasteiger partial charge in [0.05, 0.1) is 41.3 Å². The maximum atomic E-state index is 11.0. The van der Waals surface area contributed by atoms with Crippen molar-refractivity contribution >= 4 is 86.8 Å². The zero-order chi connectivity index (χ0) is 39.9. The van der Waals surface area contributed by atoms with E-state index in [1.807, 2.05) is 80.9 Å². The smallest absolute Gasteiger partial charge is 0.372 e. The summed E-state index contributed by atoms with van der Waals surface area (Å²) in [5, 5.41) is 10.5. The topological polar surface area (TPSA) is 117 Å². The molecule has 0 aliphatic heterocycles. The van der Waals surface area contributed by atoms with Crippen LogP contribution in [0.1, 0.15) is 58.7 Å². The van der Waals surface area contributed by atoms with E-state index in [2.05, 4.69) is 27.0 Å². The molecule has 3 aromatic carbocycles.